The van der Waals surface area contributed by atoms with E-state index in [4.69, 9.17) is 18.9 Å². The molecule has 0 bridgehead atoms. The van der Waals surface area contributed by atoms with E-state index < -0.39 is 0 Å². The number of hydrogen-bond acceptors (Lipinski definition) is 5. The van der Waals surface area contributed by atoms with Gasteiger partial charge in [0.05, 0.1) is 19.8 Å². The molecule has 0 spiro atoms. The molecule has 1 atom stereocenters. The Morgan fingerprint density at radius 3 is 2.52 bits per heavy atom. The van der Waals surface area contributed by atoms with Crippen molar-refractivity contribution in [2.75, 3.05) is 34.0 Å². The minimum Gasteiger partial charge on any atom is -0.493 e. The maximum Gasteiger partial charge on any atom is 0.161 e. The third kappa shape index (κ3) is 5.95. The molecule has 0 saturated carbocycles. The topological polar surface area (TPSA) is 49.0 Å². The van der Waals surface area contributed by atoms with E-state index >= 15 is 0 Å². The highest BCUT2D eigenvalue weighted by Gasteiger charge is 2.21. The Kier molecular flexibility index (Phi) is 8.01. The zero-order valence-electron chi connectivity index (χ0n) is 19.3. The first-order valence-electron chi connectivity index (χ1n) is 11.3. The molecule has 5 nitrogen and oxygen atoms in total. The molecule has 1 heterocycles. The summed E-state index contributed by atoms with van der Waals surface area (Å²) in [6.07, 6.45) is 5.24. The molecule has 0 radical (unpaired) electrons. The average molecular weight is 446 g/mol. The van der Waals surface area contributed by atoms with Crippen molar-refractivity contribution in [2.45, 2.75) is 19.1 Å². The lowest BCUT2D eigenvalue weighted by Gasteiger charge is -2.26. The molecule has 1 N–H and O–H groups in total. The first-order chi connectivity index (χ1) is 16.3. The van der Waals surface area contributed by atoms with Gasteiger partial charge in [0.1, 0.15) is 19.0 Å². The molecular formula is C28H31NO4. The van der Waals surface area contributed by atoms with E-state index in [1.54, 1.807) is 14.2 Å². The Balaban J connectivity index is 1.53. The molecule has 5 heteroatoms. The molecule has 0 amide bonds. The third-order valence-corrected chi connectivity index (χ3v) is 5.69. The van der Waals surface area contributed by atoms with E-state index in [0.717, 1.165) is 41.3 Å². The van der Waals surface area contributed by atoms with Crippen molar-refractivity contribution in [3.05, 3.63) is 95.1 Å². The van der Waals surface area contributed by atoms with Crippen molar-refractivity contribution in [1.82, 2.24) is 5.32 Å². The van der Waals surface area contributed by atoms with Crippen LogP contribution in [0, 0.1) is 0 Å². The van der Waals surface area contributed by atoms with Crippen LogP contribution in [0.5, 0.6) is 17.2 Å². The summed E-state index contributed by atoms with van der Waals surface area (Å²) in [5.41, 5.74) is 4.65. The fourth-order valence-corrected chi connectivity index (χ4v) is 3.96. The van der Waals surface area contributed by atoms with Gasteiger partial charge in [-0.3, -0.25) is 0 Å². The van der Waals surface area contributed by atoms with E-state index in [2.05, 4.69) is 47.8 Å². The lowest BCUT2D eigenvalue weighted by molar-refractivity contribution is 0.146. The molecule has 0 fully saturated rings. The SMILES string of the molecule is COCCOc1ccccc1C=CC1NCCc2cc(OCc3ccccc3)c(OC)cc21. The first kappa shape index (κ1) is 22.9. The van der Waals surface area contributed by atoms with Crippen LogP contribution in [-0.4, -0.2) is 34.0 Å². The van der Waals surface area contributed by atoms with E-state index in [9.17, 15) is 0 Å². The molecule has 1 aliphatic rings. The molecule has 172 valence electrons. The maximum atomic E-state index is 6.12. The van der Waals surface area contributed by atoms with Crippen LogP contribution in [-0.2, 0) is 17.8 Å². The van der Waals surface area contributed by atoms with Crippen LogP contribution in [0.1, 0.15) is 28.3 Å². The van der Waals surface area contributed by atoms with Crippen LogP contribution >= 0.6 is 0 Å². The number of rotatable bonds is 10. The quantitative estimate of drug-likeness (QED) is 0.435. The number of para-hydroxylation sites is 1. The highest BCUT2D eigenvalue weighted by molar-refractivity contribution is 5.59. The molecular weight excluding hydrogens is 414 g/mol. The summed E-state index contributed by atoms with van der Waals surface area (Å²) < 4.78 is 22.8. The number of fused-ring (bicyclic) bond motifs is 1. The van der Waals surface area contributed by atoms with Gasteiger partial charge in [-0.25, -0.2) is 0 Å². The van der Waals surface area contributed by atoms with Crippen LogP contribution in [0.4, 0.5) is 0 Å². The molecule has 1 unspecified atom stereocenters. The predicted molar refractivity (Wildman–Crippen MR) is 131 cm³/mol. The molecule has 0 aromatic heterocycles. The minimum atomic E-state index is 0.0813. The maximum absolute atomic E-state index is 6.12. The van der Waals surface area contributed by atoms with Crippen molar-refractivity contribution < 1.29 is 18.9 Å². The Labute approximate surface area is 196 Å². The molecule has 1 aliphatic heterocycles. The van der Waals surface area contributed by atoms with Gasteiger partial charge in [0.15, 0.2) is 11.5 Å². The lowest BCUT2D eigenvalue weighted by atomic mass is 9.93. The fourth-order valence-electron chi connectivity index (χ4n) is 3.96. The van der Waals surface area contributed by atoms with Crippen molar-refractivity contribution in [3.63, 3.8) is 0 Å². The van der Waals surface area contributed by atoms with Crippen molar-refractivity contribution >= 4 is 6.08 Å². The standard InChI is InChI=1S/C28H31NO4/c1-30-16-17-32-26-11-7-6-10-22(26)12-13-25-24-19-27(31-2)28(18-23(24)14-15-29-25)33-20-21-8-4-3-5-9-21/h3-13,18-19,25,29H,14-17,20H2,1-2H3. The normalized spacial score (nSPS) is 15.3. The summed E-state index contributed by atoms with van der Waals surface area (Å²) in [6.45, 7) is 2.49. The summed E-state index contributed by atoms with van der Waals surface area (Å²) in [5, 5.41) is 3.60. The Hall–Kier alpha value is -3.28. The second-order valence-corrected chi connectivity index (χ2v) is 7.90. The number of hydrogen-bond donors (Lipinski definition) is 1. The summed E-state index contributed by atoms with van der Waals surface area (Å²) in [7, 11) is 3.36. The number of nitrogens with one attached hydrogen (secondary N) is 1. The molecule has 0 saturated heterocycles. The van der Waals surface area contributed by atoms with Gasteiger partial charge < -0.3 is 24.3 Å². The van der Waals surface area contributed by atoms with Crippen LogP contribution < -0.4 is 19.5 Å². The summed E-state index contributed by atoms with van der Waals surface area (Å²) in [6, 6.07) is 22.5. The van der Waals surface area contributed by atoms with Crippen LogP contribution in [0.25, 0.3) is 6.08 Å². The number of methoxy groups -OCH3 is 2. The smallest absolute Gasteiger partial charge is 0.161 e. The Bertz CT molecular complexity index is 1060. The average Bonchev–Trinajstić information content (AvgIpc) is 2.87. The molecule has 3 aromatic rings. The summed E-state index contributed by atoms with van der Waals surface area (Å²) in [4.78, 5) is 0. The second kappa shape index (κ2) is 11.5. The highest BCUT2D eigenvalue weighted by atomic mass is 16.5. The zero-order valence-corrected chi connectivity index (χ0v) is 19.3. The van der Waals surface area contributed by atoms with Crippen molar-refractivity contribution in [1.29, 1.82) is 0 Å². The van der Waals surface area contributed by atoms with Gasteiger partial charge in [0, 0.05) is 19.2 Å². The van der Waals surface area contributed by atoms with Gasteiger partial charge in [-0.2, -0.15) is 0 Å². The first-order valence-corrected chi connectivity index (χ1v) is 11.3. The summed E-state index contributed by atoms with van der Waals surface area (Å²) >= 11 is 0. The second-order valence-electron chi connectivity index (χ2n) is 7.90. The molecule has 33 heavy (non-hydrogen) atoms. The molecule has 4 rings (SSSR count). The van der Waals surface area contributed by atoms with Crippen molar-refractivity contribution in [3.8, 4) is 17.2 Å². The van der Waals surface area contributed by atoms with Crippen LogP contribution in [0.15, 0.2) is 72.8 Å². The number of benzene rings is 3. The van der Waals surface area contributed by atoms with Gasteiger partial charge in [-0.15, -0.1) is 0 Å². The Morgan fingerprint density at radius 1 is 0.879 bits per heavy atom. The van der Waals surface area contributed by atoms with Gasteiger partial charge in [0.2, 0.25) is 0 Å². The van der Waals surface area contributed by atoms with Crippen molar-refractivity contribution in [2.24, 2.45) is 0 Å². The van der Waals surface area contributed by atoms with E-state index in [1.807, 2.05) is 36.4 Å². The number of ether oxygens (including phenoxy) is 4. The van der Waals surface area contributed by atoms with Gasteiger partial charge >= 0.3 is 0 Å². The van der Waals surface area contributed by atoms with Gasteiger partial charge in [0.25, 0.3) is 0 Å². The van der Waals surface area contributed by atoms with Gasteiger partial charge in [-0.05, 0) is 41.3 Å². The van der Waals surface area contributed by atoms with E-state index in [0.29, 0.717) is 19.8 Å². The van der Waals surface area contributed by atoms with E-state index in [1.165, 1.54) is 11.1 Å². The summed E-state index contributed by atoms with van der Waals surface area (Å²) in [5.74, 6) is 2.38. The predicted octanol–water partition coefficient (Wildman–Crippen LogP) is 5.20. The monoisotopic (exact) mass is 445 g/mol. The molecule has 0 aliphatic carbocycles. The largest absolute Gasteiger partial charge is 0.493 e. The van der Waals surface area contributed by atoms with Gasteiger partial charge in [-0.1, -0.05) is 60.7 Å². The van der Waals surface area contributed by atoms with Crippen LogP contribution in [0.3, 0.4) is 0 Å². The lowest BCUT2D eigenvalue weighted by Crippen LogP contribution is -2.28. The fraction of sp³-hybridized carbons (Fsp3) is 0.286. The minimum absolute atomic E-state index is 0.0813. The van der Waals surface area contributed by atoms with E-state index in [-0.39, 0.29) is 6.04 Å². The van der Waals surface area contributed by atoms with Crippen LogP contribution in [0.2, 0.25) is 0 Å². The Morgan fingerprint density at radius 2 is 1.70 bits per heavy atom. The highest BCUT2D eigenvalue weighted by Crippen LogP contribution is 2.36. The third-order valence-electron chi connectivity index (χ3n) is 5.69. The zero-order chi connectivity index (χ0) is 22.9. The molecule has 3 aromatic carbocycles.